The van der Waals surface area contributed by atoms with E-state index < -0.39 is 0 Å². The van der Waals surface area contributed by atoms with Crippen LogP contribution >= 0.6 is 11.8 Å². The van der Waals surface area contributed by atoms with Crippen LogP contribution in [0.3, 0.4) is 0 Å². The summed E-state index contributed by atoms with van der Waals surface area (Å²) in [6.45, 7) is 2.24. The molecule has 0 aromatic rings. The molecule has 0 heterocycles. The van der Waals surface area contributed by atoms with E-state index in [1.165, 1.54) is 37.2 Å². The topological polar surface area (TPSA) is 12.0 Å². The minimum atomic E-state index is 0.775. The molecule has 1 rings (SSSR count). The normalized spacial score (nSPS) is 21.5. The van der Waals surface area contributed by atoms with Gasteiger partial charge in [0, 0.05) is 11.8 Å². The molecule has 1 N–H and O–H groups in total. The molecule has 1 atom stereocenters. The third-order valence-corrected chi connectivity index (χ3v) is 3.84. The number of hydrogen-bond donors (Lipinski definition) is 1. The van der Waals surface area contributed by atoms with Crippen LogP contribution in [0.2, 0.25) is 0 Å². The van der Waals surface area contributed by atoms with Gasteiger partial charge in [0.05, 0.1) is 0 Å². The highest BCUT2D eigenvalue weighted by atomic mass is 32.2. The van der Waals surface area contributed by atoms with E-state index in [0.29, 0.717) is 0 Å². The average Bonchev–Trinajstić information content (AvgIpc) is 2.59. The smallest absolute Gasteiger partial charge is 0.0183 e. The lowest BCUT2D eigenvalue weighted by molar-refractivity contribution is 0.410. The van der Waals surface area contributed by atoms with Gasteiger partial charge in [-0.2, -0.15) is 11.8 Å². The Hall–Kier alpha value is 0.310. The summed E-state index contributed by atoms with van der Waals surface area (Å²) < 4.78 is 0. The van der Waals surface area contributed by atoms with E-state index in [9.17, 15) is 0 Å². The standard InChI is InChI=1S/C10H21NS/c1-3-12-8-10(11-2)9-6-4-5-7-9/h9-11H,3-8H2,1-2H3. The lowest BCUT2D eigenvalue weighted by atomic mass is 10.0. The highest BCUT2D eigenvalue weighted by molar-refractivity contribution is 7.99. The minimum Gasteiger partial charge on any atom is -0.316 e. The quantitative estimate of drug-likeness (QED) is 0.710. The minimum absolute atomic E-state index is 0.775. The molecule has 2 heteroatoms. The van der Waals surface area contributed by atoms with Gasteiger partial charge in [-0.05, 0) is 31.6 Å². The Bertz CT molecular complexity index is 110. The van der Waals surface area contributed by atoms with Crippen LogP contribution in [0, 0.1) is 5.92 Å². The molecule has 0 radical (unpaired) electrons. The first-order valence-corrected chi connectivity index (χ1v) is 6.29. The van der Waals surface area contributed by atoms with Crippen molar-refractivity contribution in [2.45, 2.75) is 38.6 Å². The van der Waals surface area contributed by atoms with Crippen molar-refractivity contribution in [3.63, 3.8) is 0 Å². The van der Waals surface area contributed by atoms with Gasteiger partial charge in [-0.15, -0.1) is 0 Å². The third-order valence-electron chi connectivity index (χ3n) is 2.84. The van der Waals surface area contributed by atoms with E-state index in [1.54, 1.807) is 0 Å². The largest absolute Gasteiger partial charge is 0.316 e. The predicted molar refractivity (Wildman–Crippen MR) is 57.8 cm³/mol. The Morgan fingerprint density at radius 1 is 1.42 bits per heavy atom. The van der Waals surface area contributed by atoms with Crippen molar-refractivity contribution in [2.75, 3.05) is 18.6 Å². The van der Waals surface area contributed by atoms with E-state index in [0.717, 1.165) is 12.0 Å². The first kappa shape index (κ1) is 10.4. The molecule has 12 heavy (non-hydrogen) atoms. The van der Waals surface area contributed by atoms with Crippen LogP contribution in [-0.2, 0) is 0 Å². The zero-order chi connectivity index (χ0) is 8.81. The predicted octanol–water partition coefficient (Wildman–Crippen LogP) is 2.52. The lowest BCUT2D eigenvalue weighted by Gasteiger charge is -2.22. The van der Waals surface area contributed by atoms with Crippen LogP contribution in [-0.4, -0.2) is 24.6 Å². The Morgan fingerprint density at radius 3 is 2.58 bits per heavy atom. The van der Waals surface area contributed by atoms with Gasteiger partial charge < -0.3 is 5.32 Å². The maximum Gasteiger partial charge on any atom is 0.0183 e. The van der Waals surface area contributed by atoms with Crippen LogP contribution in [0.4, 0.5) is 0 Å². The number of thioether (sulfide) groups is 1. The fraction of sp³-hybridized carbons (Fsp3) is 1.00. The monoisotopic (exact) mass is 187 g/mol. The van der Waals surface area contributed by atoms with Crippen molar-refractivity contribution in [1.82, 2.24) is 5.32 Å². The van der Waals surface area contributed by atoms with Gasteiger partial charge in [0.2, 0.25) is 0 Å². The molecule has 0 aromatic carbocycles. The van der Waals surface area contributed by atoms with E-state index in [1.807, 2.05) is 0 Å². The summed E-state index contributed by atoms with van der Waals surface area (Å²) in [6.07, 6.45) is 5.82. The number of nitrogens with one attached hydrogen (secondary N) is 1. The second-order valence-corrected chi connectivity index (χ2v) is 4.92. The van der Waals surface area contributed by atoms with Gasteiger partial charge in [0.25, 0.3) is 0 Å². The van der Waals surface area contributed by atoms with Gasteiger partial charge >= 0.3 is 0 Å². The summed E-state index contributed by atoms with van der Waals surface area (Å²) in [7, 11) is 2.11. The van der Waals surface area contributed by atoms with E-state index in [4.69, 9.17) is 0 Å². The SMILES string of the molecule is CCSCC(NC)C1CCCC1. The zero-order valence-electron chi connectivity index (χ0n) is 8.31. The second-order valence-electron chi connectivity index (χ2n) is 3.60. The molecule has 0 aliphatic heterocycles. The van der Waals surface area contributed by atoms with Crippen LogP contribution in [0.5, 0.6) is 0 Å². The Balaban J connectivity index is 2.22. The van der Waals surface area contributed by atoms with Crippen molar-refractivity contribution in [3.8, 4) is 0 Å². The van der Waals surface area contributed by atoms with Crippen LogP contribution < -0.4 is 5.32 Å². The van der Waals surface area contributed by atoms with Gasteiger partial charge in [0.1, 0.15) is 0 Å². The van der Waals surface area contributed by atoms with E-state index in [-0.39, 0.29) is 0 Å². The lowest BCUT2D eigenvalue weighted by Crippen LogP contribution is -2.34. The molecule has 72 valence electrons. The van der Waals surface area contributed by atoms with Crippen LogP contribution in [0.25, 0.3) is 0 Å². The Kier molecular flexibility index (Phi) is 5.08. The molecule has 0 spiro atoms. The first-order chi connectivity index (χ1) is 5.88. The van der Waals surface area contributed by atoms with Crippen molar-refractivity contribution >= 4 is 11.8 Å². The Labute approximate surface area is 80.7 Å². The van der Waals surface area contributed by atoms with Crippen LogP contribution in [0.1, 0.15) is 32.6 Å². The van der Waals surface area contributed by atoms with E-state index in [2.05, 4.69) is 31.1 Å². The van der Waals surface area contributed by atoms with Gasteiger partial charge in [-0.1, -0.05) is 19.8 Å². The van der Waals surface area contributed by atoms with Gasteiger partial charge in [-0.25, -0.2) is 0 Å². The Morgan fingerprint density at radius 2 is 2.08 bits per heavy atom. The molecule has 1 fully saturated rings. The maximum absolute atomic E-state index is 3.46. The molecule has 1 aliphatic carbocycles. The van der Waals surface area contributed by atoms with Crippen molar-refractivity contribution in [2.24, 2.45) is 5.92 Å². The molecule has 0 saturated heterocycles. The molecule has 0 amide bonds. The van der Waals surface area contributed by atoms with Crippen molar-refractivity contribution < 1.29 is 0 Å². The summed E-state index contributed by atoms with van der Waals surface area (Å²) >= 11 is 2.07. The summed E-state index contributed by atoms with van der Waals surface area (Å²) in [4.78, 5) is 0. The molecule has 0 bridgehead atoms. The van der Waals surface area contributed by atoms with Crippen LogP contribution in [0.15, 0.2) is 0 Å². The molecular weight excluding hydrogens is 166 g/mol. The van der Waals surface area contributed by atoms with Crippen molar-refractivity contribution in [1.29, 1.82) is 0 Å². The summed E-state index contributed by atoms with van der Waals surface area (Å²) in [5.41, 5.74) is 0. The molecule has 1 unspecified atom stereocenters. The fourth-order valence-electron chi connectivity index (χ4n) is 2.06. The summed E-state index contributed by atoms with van der Waals surface area (Å²) in [5.74, 6) is 3.52. The molecular formula is C10H21NS. The van der Waals surface area contributed by atoms with E-state index >= 15 is 0 Å². The second kappa shape index (κ2) is 5.87. The zero-order valence-corrected chi connectivity index (χ0v) is 9.12. The first-order valence-electron chi connectivity index (χ1n) is 5.13. The molecule has 1 nitrogen and oxygen atoms in total. The highest BCUT2D eigenvalue weighted by Crippen LogP contribution is 2.28. The fourth-order valence-corrected chi connectivity index (χ4v) is 2.99. The molecule has 0 aromatic heterocycles. The van der Waals surface area contributed by atoms with Gasteiger partial charge in [0.15, 0.2) is 0 Å². The molecule has 1 aliphatic rings. The number of hydrogen-bond acceptors (Lipinski definition) is 2. The molecule has 1 saturated carbocycles. The van der Waals surface area contributed by atoms with Gasteiger partial charge in [-0.3, -0.25) is 0 Å². The third kappa shape index (κ3) is 2.98. The average molecular weight is 187 g/mol. The maximum atomic E-state index is 3.46. The summed E-state index contributed by atoms with van der Waals surface area (Å²) in [5, 5.41) is 3.46. The summed E-state index contributed by atoms with van der Waals surface area (Å²) in [6, 6.07) is 0.775. The highest BCUT2D eigenvalue weighted by Gasteiger charge is 2.22. The number of rotatable bonds is 5. The van der Waals surface area contributed by atoms with Crippen molar-refractivity contribution in [3.05, 3.63) is 0 Å².